The van der Waals surface area contributed by atoms with Gasteiger partial charge in [0.2, 0.25) is 0 Å². The number of cyclic esters (lactones) is 1. The fraction of sp³-hybridized carbons (Fsp3) is 0.895. The van der Waals surface area contributed by atoms with Crippen LogP contribution >= 0.6 is 0 Å². The van der Waals surface area contributed by atoms with Crippen molar-refractivity contribution in [3.8, 4) is 12.3 Å². The standard InChI is InChI=1S/C38H65NO10/c1-13-15-44-29-16-21(3)33(40)23(5)20-38(10,43)30(14-2)47-37(42)26(8)35(48-31-17-22(4)34(41)27(9)46-31)25(7)36(29)49-32-19-28(39(11)12)18-24(6)45-32/h1,21-32,34-36,41,43H,14-20H2,2-12H3/t21-,22?,23-,24-,25?,26?,27?,28?,29?,30?,31+,32?,34-,35?,36-,38+/m1/s1. The molecule has 0 aromatic heterocycles. The summed E-state index contributed by atoms with van der Waals surface area (Å²) >= 11 is 0. The van der Waals surface area contributed by atoms with Crippen LogP contribution in [0.2, 0.25) is 0 Å². The minimum Gasteiger partial charge on any atom is -0.459 e. The summed E-state index contributed by atoms with van der Waals surface area (Å²) in [5.74, 6) is -0.414. The number of aliphatic hydroxyl groups excluding tert-OH is 1. The first-order chi connectivity index (χ1) is 22.9. The van der Waals surface area contributed by atoms with E-state index in [1.807, 2.05) is 48.7 Å². The fourth-order valence-corrected chi connectivity index (χ4v) is 8.02. The second-order valence-electron chi connectivity index (χ2n) is 15.7. The summed E-state index contributed by atoms with van der Waals surface area (Å²) in [4.78, 5) is 30.0. The van der Waals surface area contributed by atoms with Crippen LogP contribution in [-0.2, 0) is 38.0 Å². The molecule has 3 aliphatic rings. The maximum atomic E-state index is 14.0. The van der Waals surface area contributed by atoms with Gasteiger partial charge in [-0.1, -0.05) is 40.5 Å². The summed E-state index contributed by atoms with van der Waals surface area (Å²) in [6.07, 6.45) is 2.85. The quantitative estimate of drug-likeness (QED) is 0.278. The van der Waals surface area contributed by atoms with Crippen molar-refractivity contribution in [3.05, 3.63) is 0 Å². The number of Topliss-reactive ketones (excluding diaryl/α,β-unsaturated/α-hetero) is 1. The third kappa shape index (κ3) is 10.9. The third-order valence-corrected chi connectivity index (χ3v) is 11.0. The summed E-state index contributed by atoms with van der Waals surface area (Å²) < 4.78 is 38.5. The molecule has 0 spiro atoms. The molecule has 0 bridgehead atoms. The number of carbonyl (C=O) groups excluding carboxylic acids is 2. The Bertz CT molecular complexity index is 1100. The van der Waals surface area contributed by atoms with Gasteiger partial charge in [0.1, 0.15) is 18.5 Å². The van der Waals surface area contributed by atoms with E-state index in [-0.39, 0.29) is 36.9 Å². The van der Waals surface area contributed by atoms with E-state index in [1.54, 1.807) is 27.7 Å². The van der Waals surface area contributed by atoms with Gasteiger partial charge in [-0.15, -0.1) is 6.42 Å². The molecule has 3 rings (SSSR count). The highest BCUT2D eigenvalue weighted by atomic mass is 16.7. The first kappa shape index (κ1) is 41.8. The van der Waals surface area contributed by atoms with Crippen molar-refractivity contribution < 1.29 is 48.2 Å². The molecule has 3 saturated heterocycles. The van der Waals surface area contributed by atoms with Crippen LogP contribution in [0, 0.1) is 41.9 Å². The molecule has 49 heavy (non-hydrogen) atoms. The Morgan fingerprint density at radius 2 is 1.57 bits per heavy atom. The second-order valence-corrected chi connectivity index (χ2v) is 15.7. The van der Waals surface area contributed by atoms with Crippen molar-refractivity contribution in [1.29, 1.82) is 0 Å². The average molecular weight is 696 g/mol. The minimum absolute atomic E-state index is 0.00930. The summed E-state index contributed by atoms with van der Waals surface area (Å²) in [6.45, 7) is 16.6. The molecule has 3 heterocycles. The van der Waals surface area contributed by atoms with Gasteiger partial charge in [0.25, 0.3) is 0 Å². The van der Waals surface area contributed by atoms with E-state index in [9.17, 15) is 19.8 Å². The molecule has 0 amide bonds. The number of ether oxygens (including phenoxy) is 6. The van der Waals surface area contributed by atoms with E-state index in [0.29, 0.717) is 25.7 Å². The zero-order chi connectivity index (χ0) is 36.8. The van der Waals surface area contributed by atoms with Crippen molar-refractivity contribution >= 4 is 11.8 Å². The number of hydrogen-bond acceptors (Lipinski definition) is 11. The molecule has 11 heteroatoms. The van der Waals surface area contributed by atoms with Gasteiger partial charge >= 0.3 is 5.97 Å². The van der Waals surface area contributed by atoms with Crippen LogP contribution in [0.25, 0.3) is 0 Å². The highest BCUT2D eigenvalue weighted by Crippen LogP contribution is 2.37. The lowest BCUT2D eigenvalue weighted by molar-refractivity contribution is -0.283. The summed E-state index contributed by atoms with van der Waals surface area (Å²) in [7, 11) is 4.08. The first-order valence-electron chi connectivity index (χ1n) is 18.4. The van der Waals surface area contributed by atoms with Gasteiger partial charge in [0.15, 0.2) is 12.6 Å². The molecule has 0 saturated carbocycles. The van der Waals surface area contributed by atoms with Crippen molar-refractivity contribution in [2.45, 2.75) is 168 Å². The van der Waals surface area contributed by atoms with Gasteiger partial charge in [-0.25, -0.2) is 0 Å². The number of rotatable bonds is 8. The normalized spacial score (nSPS) is 45.0. The molecule has 0 aromatic carbocycles. The van der Waals surface area contributed by atoms with E-state index in [2.05, 4.69) is 10.8 Å². The number of nitrogens with zero attached hydrogens (tertiary/aromatic N) is 1. The lowest BCUT2D eigenvalue weighted by atomic mass is 9.79. The number of aliphatic hydroxyl groups is 2. The Labute approximate surface area is 295 Å². The number of terminal acetylenes is 1. The van der Waals surface area contributed by atoms with Gasteiger partial charge in [-0.2, -0.15) is 0 Å². The molecule has 11 nitrogen and oxygen atoms in total. The molecule has 3 aliphatic heterocycles. The Kier molecular flexibility index (Phi) is 15.6. The highest BCUT2D eigenvalue weighted by Gasteiger charge is 2.47. The van der Waals surface area contributed by atoms with Crippen molar-refractivity contribution in [2.75, 3.05) is 20.7 Å². The van der Waals surface area contributed by atoms with Gasteiger partial charge in [-0.3, -0.25) is 9.59 Å². The van der Waals surface area contributed by atoms with Crippen LogP contribution < -0.4 is 0 Å². The van der Waals surface area contributed by atoms with E-state index < -0.39 is 84.4 Å². The van der Waals surface area contributed by atoms with Gasteiger partial charge in [-0.05, 0) is 73.4 Å². The maximum absolute atomic E-state index is 14.0. The lowest BCUT2D eigenvalue weighted by Crippen LogP contribution is -2.54. The summed E-state index contributed by atoms with van der Waals surface area (Å²) in [6, 6.07) is 0.221. The maximum Gasteiger partial charge on any atom is 0.311 e. The van der Waals surface area contributed by atoms with Crippen LogP contribution in [0.5, 0.6) is 0 Å². The van der Waals surface area contributed by atoms with E-state index in [1.165, 1.54) is 0 Å². The van der Waals surface area contributed by atoms with Crippen molar-refractivity contribution in [2.24, 2.45) is 29.6 Å². The van der Waals surface area contributed by atoms with E-state index in [0.717, 1.165) is 6.42 Å². The molecule has 0 aromatic rings. The number of hydrogen-bond donors (Lipinski definition) is 2. The Morgan fingerprint density at radius 1 is 0.939 bits per heavy atom. The molecule has 2 N–H and O–H groups in total. The zero-order valence-electron chi connectivity index (χ0n) is 31.8. The minimum atomic E-state index is -1.44. The van der Waals surface area contributed by atoms with Gasteiger partial charge in [0.05, 0.1) is 48.1 Å². The molecule has 282 valence electrons. The molecule has 3 fully saturated rings. The Hall–Kier alpha value is -1.62. The SMILES string of the molecule is C#CCOC1C[C@@H](C)C(=O)[C@H](C)C[C@](C)(O)C(CC)OC(=O)C(C)C(O[C@H]2CC(C)[C@@H](O)C(C)O2)C(C)[C@H]1OC1CC(N(C)C)C[C@@H](C)O1. The highest BCUT2D eigenvalue weighted by molar-refractivity contribution is 5.83. The lowest BCUT2D eigenvalue weighted by Gasteiger charge is -2.45. The van der Waals surface area contributed by atoms with Crippen LogP contribution in [0.1, 0.15) is 101 Å². The van der Waals surface area contributed by atoms with Gasteiger partial charge < -0.3 is 43.5 Å². The fourth-order valence-electron chi connectivity index (χ4n) is 8.02. The molecular weight excluding hydrogens is 630 g/mol. The number of esters is 1. The predicted molar refractivity (Wildman–Crippen MR) is 185 cm³/mol. The second kappa shape index (κ2) is 18.2. The Morgan fingerprint density at radius 3 is 2.16 bits per heavy atom. The number of ketones is 1. The van der Waals surface area contributed by atoms with E-state index >= 15 is 0 Å². The largest absolute Gasteiger partial charge is 0.459 e. The topological polar surface area (TPSA) is 133 Å². The summed E-state index contributed by atoms with van der Waals surface area (Å²) in [5.41, 5.74) is -1.44. The van der Waals surface area contributed by atoms with Crippen LogP contribution in [0.3, 0.4) is 0 Å². The molecule has 16 atom stereocenters. The van der Waals surface area contributed by atoms with E-state index in [4.69, 9.17) is 34.8 Å². The number of carbonyl (C=O) groups is 2. The van der Waals surface area contributed by atoms with Crippen LogP contribution in [0.15, 0.2) is 0 Å². The molecule has 9 unspecified atom stereocenters. The summed E-state index contributed by atoms with van der Waals surface area (Å²) in [5, 5.41) is 22.2. The van der Waals surface area contributed by atoms with Gasteiger partial charge in [0, 0.05) is 36.6 Å². The molecule has 0 radical (unpaired) electrons. The molecule has 0 aliphatic carbocycles. The average Bonchev–Trinajstić information content (AvgIpc) is 3.03. The smallest absolute Gasteiger partial charge is 0.311 e. The monoisotopic (exact) mass is 695 g/mol. The van der Waals surface area contributed by atoms with Crippen molar-refractivity contribution in [3.63, 3.8) is 0 Å². The zero-order valence-corrected chi connectivity index (χ0v) is 31.8. The van der Waals surface area contributed by atoms with Crippen LogP contribution in [0.4, 0.5) is 0 Å². The predicted octanol–water partition coefficient (Wildman–Crippen LogP) is 4.34. The van der Waals surface area contributed by atoms with Crippen LogP contribution in [-0.4, -0.2) is 115 Å². The third-order valence-electron chi connectivity index (χ3n) is 11.0. The Balaban J connectivity index is 2.13. The van der Waals surface area contributed by atoms with Crippen molar-refractivity contribution in [1.82, 2.24) is 4.90 Å². The molecular formula is C38H65NO10. The first-order valence-corrected chi connectivity index (χ1v) is 18.4.